The Bertz CT molecular complexity index is 325. The van der Waals surface area contributed by atoms with Gasteiger partial charge in [-0.05, 0) is 24.3 Å². The maximum absolute atomic E-state index is 12.5. The normalized spacial score (nSPS) is 9.80. The molecule has 15 heavy (non-hydrogen) atoms. The smallest absolute Gasteiger partial charge is 0.239 e. The molecule has 4 nitrogen and oxygen atoms in total. The van der Waals surface area contributed by atoms with Crippen LogP contribution in [0.1, 0.15) is 6.42 Å². The lowest BCUT2D eigenvalue weighted by molar-refractivity contribution is -0.130. The second-order valence-corrected chi connectivity index (χ2v) is 3.06. The van der Waals surface area contributed by atoms with Crippen molar-refractivity contribution in [2.45, 2.75) is 6.42 Å². The van der Waals surface area contributed by atoms with Gasteiger partial charge in [-0.25, -0.2) is 10.2 Å². The van der Waals surface area contributed by atoms with Gasteiger partial charge < -0.3 is 4.74 Å². The summed E-state index contributed by atoms with van der Waals surface area (Å²) in [4.78, 5) is 11.0. The Morgan fingerprint density at radius 3 is 2.60 bits per heavy atom. The maximum atomic E-state index is 12.5. The largest absolute Gasteiger partial charge is 0.493 e. The molecule has 5 heteroatoms. The molecule has 1 aromatic rings. The summed E-state index contributed by atoms with van der Waals surface area (Å²) < 4.78 is 17.7. The van der Waals surface area contributed by atoms with E-state index in [4.69, 9.17) is 10.6 Å². The molecule has 82 valence electrons. The van der Waals surface area contributed by atoms with Crippen LogP contribution >= 0.6 is 0 Å². The number of carbonyl (C=O) groups is 1. The highest BCUT2D eigenvalue weighted by atomic mass is 19.1. The molecule has 0 spiro atoms. The first kappa shape index (κ1) is 11.5. The molecule has 1 aromatic carbocycles. The maximum Gasteiger partial charge on any atom is 0.239 e. The Hall–Kier alpha value is -1.62. The minimum absolute atomic E-state index is 0.199. The third kappa shape index (κ3) is 3.95. The fourth-order valence-corrected chi connectivity index (χ4v) is 0.963. The molecule has 0 aromatic heterocycles. The van der Waals surface area contributed by atoms with Crippen LogP contribution in [0.15, 0.2) is 24.3 Å². The number of hydrogen-bond acceptors (Lipinski definition) is 3. The average molecular weight is 212 g/mol. The zero-order valence-corrected chi connectivity index (χ0v) is 8.44. The number of nitrogens with two attached hydrogens (primary N) is 1. The van der Waals surface area contributed by atoms with Crippen LogP contribution in [-0.4, -0.2) is 24.6 Å². The topological polar surface area (TPSA) is 55.6 Å². The number of carbonyl (C=O) groups excluding carboxylic acids is 1. The molecule has 0 bridgehead atoms. The van der Waals surface area contributed by atoms with Crippen LogP contribution < -0.4 is 10.6 Å². The first-order valence-electron chi connectivity index (χ1n) is 4.49. The summed E-state index contributed by atoms with van der Waals surface area (Å²) >= 11 is 0. The summed E-state index contributed by atoms with van der Waals surface area (Å²) in [5, 5.41) is 1.01. The molecule has 1 rings (SSSR count). The average Bonchev–Trinajstić information content (AvgIpc) is 2.20. The Morgan fingerprint density at radius 2 is 2.07 bits per heavy atom. The van der Waals surface area contributed by atoms with E-state index in [1.807, 2.05) is 0 Å². The molecule has 0 aliphatic rings. The number of hydrazine groups is 1. The van der Waals surface area contributed by atoms with Crippen LogP contribution in [0.3, 0.4) is 0 Å². The predicted octanol–water partition coefficient (Wildman–Crippen LogP) is 0.927. The molecule has 2 N–H and O–H groups in total. The van der Waals surface area contributed by atoms with Crippen molar-refractivity contribution in [3.8, 4) is 5.75 Å². The third-order valence-corrected chi connectivity index (χ3v) is 1.79. The van der Waals surface area contributed by atoms with E-state index in [0.717, 1.165) is 5.01 Å². The quantitative estimate of drug-likeness (QED) is 0.459. The molecule has 0 aliphatic carbocycles. The van der Waals surface area contributed by atoms with E-state index < -0.39 is 0 Å². The number of halogens is 1. The second kappa shape index (κ2) is 5.31. The van der Waals surface area contributed by atoms with E-state index in [0.29, 0.717) is 5.75 Å². The van der Waals surface area contributed by atoms with Crippen molar-refractivity contribution in [1.29, 1.82) is 0 Å². The van der Waals surface area contributed by atoms with Crippen molar-refractivity contribution < 1.29 is 13.9 Å². The molecule has 0 saturated carbocycles. The number of amides is 1. The summed E-state index contributed by atoms with van der Waals surface area (Å²) in [7, 11) is 1.47. The van der Waals surface area contributed by atoms with E-state index in [2.05, 4.69) is 0 Å². The predicted molar refractivity (Wildman–Crippen MR) is 53.5 cm³/mol. The summed E-state index contributed by atoms with van der Waals surface area (Å²) in [6, 6.07) is 5.61. The summed E-state index contributed by atoms with van der Waals surface area (Å²) in [6.45, 7) is 0.228. The van der Waals surface area contributed by atoms with E-state index in [1.54, 1.807) is 0 Å². The van der Waals surface area contributed by atoms with Gasteiger partial charge in [0.15, 0.2) is 0 Å². The molecule has 0 fully saturated rings. The zero-order valence-electron chi connectivity index (χ0n) is 8.44. The van der Waals surface area contributed by atoms with Crippen LogP contribution in [-0.2, 0) is 4.79 Å². The van der Waals surface area contributed by atoms with Gasteiger partial charge in [0.05, 0.1) is 13.0 Å². The van der Waals surface area contributed by atoms with Gasteiger partial charge in [-0.1, -0.05) is 0 Å². The summed E-state index contributed by atoms with van der Waals surface area (Å²) in [5.41, 5.74) is 0. The number of benzene rings is 1. The molecule has 0 saturated heterocycles. The molecule has 0 aliphatic heterocycles. The first-order valence-corrected chi connectivity index (χ1v) is 4.49. The van der Waals surface area contributed by atoms with Crippen LogP contribution in [0.4, 0.5) is 4.39 Å². The van der Waals surface area contributed by atoms with Crippen molar-refractivity contribution in [3.05, 3.63) is 30.1 Å². The van der Waals surface area contributed by atoms with Gasteiger partial charge in [0.1, 0.15) is 11.6 Å². The van der Waals surface area contributed by atoms with Gasteiger partial charge in [0.2, 0.25) is 5.91 Å². The minimum atomic E-state index is -0.319. The van der Waals surface area contributed by atoms with E-state index in [1.165, 1.54) is 31.3 Å². The Balaban J connectivity index is 2.32. The van der Waals surface area contributed by atoms with E-state index in [9.17, 15) is 9.18 Å². The molecule has 0 atom stereocenters. The van der Waals surface area contributed by atoms with Crippen LogP contribution in [0.5, 0.6) is 5.75 Å². The highest BCUT2D eigenvalue weighted by Gasteiger charge is 2.04. The molecule has 0 unspecified atom stereocenters. The highest BCUT2D eigenvalue weighted by molar-refractivity contribution is 5.75. The summed E-state index contributed by atoms with van der Waals surface area (Å²) in [6.07, 6.45) is 0.199. The van der Waals surface area contributed by atoms with Crippen molar-refractivity contribution in [1.82, 2.24) is 5.01 Å². The van der Waals surface area contributed by atoms with Crippen molar-refractivity contribution in [2.75, 3.05) is 13.7 Å². The number of hydrogen-bond donors (Lipinski definition) is 1. The molecular weight excluding hydrogens is 199 g/mol. The second-order valence-electron chi connectivity index (χ2n) is 3.06. The Labute approximate surface area is 87.4 Å². The zero-order chi connectivity index (χ0) is 11.3. The van der Waals surface area contributed by atoms with Crippen molar-refractivity contribution in [2.24, 2.45) is 5.84 Å². The van der Waals surface area contributed by atoms with Gasteiger partial charge in [0.25, 0.3) is 0 Å². The van der Waals surface area contributed by atoms with Gasteiger partial charge >= 0.3 is 0 Å². The molecule has 0 radical (unpaired) electrons. The molecule has 0 heterocycles. The number of rotatable bonds is 4. The van der Waals surface area contributed by atoms with Crippen LogP contribution in [0.25, 0.3) is 0 Å². The monoisotopic (exact) mass is 212 g/mol. The fourth-order valence-electron chi connectivity index (χ4n) is 0.963. The lowest BCUT2D eigenvalue weighted by Gasteiger charge is -2.10. The first-order chi connectivity index (χ1) is 7.09. The lowest BCUT2D eigenvalue weighted by atomic mass is 10.3. The third-order valence-electron chi connectivity index (χ3n) is 1.79. The standard InChI is InChI=1S/C10H13FN2O2/c1-13(12)10(14)6-7-15-9-4-2-8(11)3-5-9/h2-5H,6-7,12H2,1H3. The van der Waals surface area contributed by atoms with Gasteiger partial charge in [-0.2, -0.15) is 0 Å². The SMILES string of the molecule is CN(N)C(=O)CCOc1ccc(F)cc1. The van der Waals surface area contributed by atoms with E-state index >= 15 is 0 Å². The number of ether oxygens (including phenoxy) is 1. The van der Waals surface area contributed by atoms with Gasteiger partial charge in [-0.3, -0.25) is 9.80 Å². The van der Waals surface area contributed by atoms with Crippen molar-refractivity contribution in [3.63, 3.8) is 0 Å². The Kier molecular flexibility index (Phi) is 4.05. The minimum Gasteiger partial charge on any atom is -0.493 e. The lowest BCUT2D eigenvalue weighted by Crippen LogP contribution is -2.33. The van der Waals surface area contributed by atoms with Gasteiger partial charge in [0, 0.05) is 7.05 Å². The van der Waals surface area contributed by atoms with Crippen LogP contribution in [0, 0.1) is 5.82 Å². The number of nitrogens with zero attached hydrogens (tertiary/aromatic N) is 1. The van der Waals surface area contributed by atoms with E-state index in [-0.39, 0.29) is 24.8 Å². The van der Waals surface area contributed by atoms with Crippen molar-refractivity contribution >= 4 is 5.91 Å². The fraction of sp³-hybridized carbons (Fsp3) is 0.300. The highest BCUT2D eigenvalue weighted by Crippen LogP contribution is 2.11. The Morgan fingerprint density at radius 1 is 1.47 bits per heavy atom. The molecular formula is C10H13FN2O2. The summed E-state index contributed by atoms with van der Waals surface area (Å²) in [5.74, 6) is 5.21. The van der Waals surface area contributed by atoms with Gasteiger partial charge in [-0.15, -0.1) is 0 Å². The van der Waals surface area contributed by atoms with Crippen LogP contribution in [0.2, 0.25) is 0 Å². The molecule has 1 amide bonds.